The van der Waals surface area contributed by atoms with Crippen LogP contribution in [0.15, 0.2) is 6.07 Å². The maximum atomic E-state index is 13.4. The van der Waals surface area contributed by atoms with E-state index in [2.05, 4.69) is 9.47 Å². The molecule has 1 aromatic rings. The molecule has 2 N–H and O–H groups in total. The van der Waals surface area contributed by atoms with Crippen LogP contribution in [0.2, 0.25) is 0 Å². The summed E-state index contributed by atoms with van der Waals surface area (Å²) in [6.45, 7) is 0. The van der Waals surface area contributed by atoms with Gasteiger partial charge in [0.15, 0.2) is 17.3 Å². The highest BCUT2D eigenvalue weighted by molar-refractivity contribution is 6.58. The average Bonchev–Trinajstić information content (AvgIpc) is 2.18. The second kappa shape index (κ2) is 4.46. The Bertz CT molecular complexity index is 370. The van der Waals surface area contributed by atoms with Gasteiger partial charge in [0.1, 0.15) is 0 Å². The number of halogens is 2. The summed E-state index contributed by atoms with van der Waals surface area (Å²) in [5.41, 5.74) is -0.509. The first-order valence-electron chi connectivity index (χ1n) is 3.99. The fraction of sp³-hybridized carbons (Fsp3) is 0.250. The van der Waals surface area contributed by atoms with Crippen LogP contribution in [0.4, 0.5) is 8.78 Å². The van der Waals surface area contributed by atoms with Gasteiger partial charge in [0.05, 0.1) is 14.2 Å². The molecule has 0 aliphatic carbocycles. The molecule has 0 unspecified atom stereocenters. The van der Waals surface area contributed by atoms with Crippen molar-refractivity contribution in [2.24, 2.45) is 0 Å². The number of benzene rings is 1. The van der Waals surface area contributed by atoms with Crippen molar-refractivity contribution in [3.05, 3.63) is 17.7 Å². The number of rotatable bonds is 3. The maximum Gasteiger partial charge on any atom is 0.491 e. The van der Waals surface area contributed by atoms with E-state index in [0.29, 0.717) is 0 Å². The van der Waals surface area contributed by atoms with Crippen LogP contribution in [0.5, 0.6) is 11.5 Å². The maximum absolute atomic E-state index is 13.4. The smallest absolute Gasteiger partial charge is 0.491 e. The quantitative estimate of drug-likeness (QED) is 0.681. The summed E-state index contributed by atoms with van der Waals surface area (Å²) >= 11 is 0. The predicted molar refractivity (Wildman–Crippen MR) is 49.3 cm³/mol. The van der Waals surface area contributed by atoms with E-state index in [9.17, 15) is 8.78 Å². The molecule has 0 amide bonds. The Kier molecular flexibility index (Phi) is 3.49. The molecule has 0 bridgehead atoms. The molecule has 0 fully saturated rings. The van der Waals surface area contributed by atoms with Gasteiger partial charge in [-0.25, -0.2) is 4.39 Å². The zero-order valence-corrected chi connectivity index (χ0v) is 8.12. The Morgan fingerprint density at radius 1 is 1.13 bits per heavy atom. The SMILES string of the molecule is COc1cc(B(O)O)c(F)c(OC)c1F. The first kappa shape index (κ1) is 11.7. The van der Waals surface area contributed by atoms with E-state index in [-0.39, 0.29) is 5.75 Å². The molecule has 82 valence electrons. The molecule has 0 saturated carbocycles. The van der Waals surface area contributed by atoms with Crippen LogP contribution >= 0.6 is 0 Å². The van der Waals surface area contributed by atoms with Crippen LogP contribution in [0.1, 0.15) is 0 Å². The van der Waals surface area contributed by atoms with E-state index >= 15 is 0 Å². The third-order valence-corrected chi connectivity index (χ3v) is 1.86. The minimum Gasteiger partial charge on any atom is -0.494 e. The zero-order chi connectivity index (χ0) is 11.6. The number of hydrogen-bond donors (Lipinski definition) is 2. The van der Waals surface area contributed by atoms with Crippen molar-refractivity contribution < 1.29 is 28.3 Å². The van der Waals surface area contributed by atoms with Crippen molar-refractivity contribution in [3.8, 4) is 11.5 Å². The molecule has 0 spiro atoms. The minimum absolute atomic E-state index is 0.323. The molecule has 0 aliphatic rings. The monoisotopic (exact) mass is 218 g/mol. The van der Waals surface area contributed by atoms with Gasteiger partial charge >= 0.3 is 7.12 Å². The molecule has 0 radical (unpaired) electrons. The summed E-state index contributed by atoms with van der Waals surface area (Å²) in [5, 5.41) is 17.6. The van der Waals surface area contributed by atoms with Gasteiger partial charge in [0.25, 0.3) is 0 Å². The lowest BCUT2D eigenvalue weighted by atomic mass is 9.79. The van der Waals surface area contributed by atoms with E-state index in [4.69, 9.17) is 10.0 Å². The third-order valence-electron chi connectivity index (χ3n) is 1.86. The Morgan fingerprint density at radius 3 is 2.13 bits per heavy atom. The van der Waals surface area contributed by atoms with Crippen LogP contribution in [0.3, 0.4) is 0 Å². The van der Waals surface area contributed by atoms with E-state index in [1.54, 1.807) is 0 Å². The van der Waals surface area contributed by atoms with Gasteiger partial charge in [-0.2, -0.15) is 4.39 Å². The number of methoxy groups -OCH3 is 2. The lowest BCUT2D eigenvalue weighted by Gasteiger charge is -2.11. The molecule has 0 atom stereocenters. The largest absolute Gasteiger partial charge is 0.494 e. The van der Waals surface area contributed by atoms with Crippen LogP contribution < -0.4 is 14.9 Å². The van der Waals surface area contributed by atoms with E-state index in [0.717, 1.165) is 13.2 Å². The van der Waals surface area contributed by atoms with Crippen molar-refractivity contribution in [2.75, 3.05) is 14.2 Å². The van der Waals surface area contributed by atoms with Gasteiger partial charge in [0.2, 0.25) is 5.82 Å². The second-order valence-corrected chi connectivity index (χ2v) is 2.70. The molecule has 1 aromatic carbocycles. The summed E-state index contributed by atoms with van der Waals surface area (Å²) in [5.74, 6) is -3.22. The van der Waals surface area contributed by atoms with E-state index < -0.39 is 30.0 Å². The highest BCUT2D eigenvalue weighted by atomic mass is 19.1. The molecule has 0 aromatic heterocycles. The standard InChI is InChI=1S/C8H9BF2O4/c1-14-5-3-4(9(12)13)6(10)8(15-2)7(5)11/h3,12-13H,1-2H3. The molecule has 15 heavy (non-hydrogen) atoms. The summed E-state index contributed by atoms with van der Waals surface area (Å²) in [7, 11) is 0.172. The van der Waals surface area contributed by atoms with E-state index in [1.165, 1.54) is 7.11 Å². The van der Waals surface area contributed by atoms with Gasteiger partial charge in [-0.15, -0.1) is 0 Å². The fourth-order valence-electron chi connectivity index (χ4n) is 1.12. The average molecular weight is 218 g/mol. The lowest BCUT2D eigenvalue weighted by Crippen LogP contribution is -2.33. The summed E-state index contributed by atoms with van der Waals surface area (Å²) in [4.78, 5) is 0. The lowest BCUT2D eigenvalue weighted by molar-refractivity contribution is 0.333. The van der Waals surface area contributed by atoms with Crippen molar-refractivity contribution in [3.63, 3.8) is 0 Å². The summed E-state index contributed by atoms with van der Waals surface area (Å²) < 4.78 is 35.7. The molecule has 0 heterocycles. The fourth-order valence-corrected chi connectivity index (χ4v) is 1.12. The normalized spacial score (nSPS) is 10.0. The second-order valence-electron chi connectivity index (χ2n) is 2.70. The van der Waals surface area contributed by atoms with Crippen LogP contribution in [-0.2, 0) is 0 Å². The van der Waals surface area contributed by atoms with E-state index in [1.807, 2.05) is 0 Å². The van der Waals surface area contributed by atoms with Crippen LogP contribution in [0.25, 0.3) is 0 Å². The number of ether oxygens (including phenoxy) is 2. The Labute approximate surface area is 85.2 Å². The Balaban J connectivity index is 3.44. The molecule has 0 aliphatic heterocycles. The van der Waals surface area contributed by atoms with Gasteiger partial charge in [0, 0.05) is 5.46 Å². The van der Waals surface area contributed by atoms with Gasteiger partial charge in [-0.1, -0.05) is 0 Å². The van der Waals surface area contributed by atoms with Crippen molar-refractivity contribution >= 4 is 12.6 Å². The third kappa shape index (κ3) is 2.03. The highest BCUT2D eigenvalue weighted by Gasteiger charge is 2.26. The predicted octanol–water partition coefficient (Wildman–Crippen LogP) is -0.338. The summed E-state index contributed by atoms with van der Waals surface area (Å²) in [6.07, 6.45) is 0. The van der Waals surface area contributed by atoms with Crippen LogP contribution in [0, 0.1) is 11.6 Å². The minimum atomic E-state index is -2.06. The zero-order valence-electron chi connectivity index (χ0n) is 8.12. The first-order chi connectivity index (χ1) is 7.02. The molecular formula is C8H9BF2O4. The Morgan fingerprint density at radius 2 is 1.73 bits per heavy atom. The molecule has 1 rings (SSSR count). The van der Waals surface area contributed by atoms with Gasteiger partial charge < -0.3 is 19.5 Å². The van der Waals surface area contributed by atoms with Crippen LogP contribution in [-0.4, -0.2) is 31.4 Å². The van der Waals surface area contributed by atoms with Gasteiger partial charge in [-0.3, -0.25) is 0 Å². The molecular weight excluding hydrogens is 209 g/mol. The highest BCUT2D eigenvalue weighted by Crippen LogP contribution is 2.27. The molecule has 7 heteroatoms. The van der Waals surface area contributed by atoms with Gasteiger partial charge in [-0.05, 0) is 6.07 Å². The summed E-state index contributed by atoms with van der Waals surface area (Å²) in [6, 6.07) is 0.859. The first-order valence-corrected chi connectivity index (χ1v) is 3.99. The molecule has 0 saturated heterocycles. The topological polar surface area (TPSA) is 58.9 Å². The number of hydrogen-bond acceptors (Lipinski definition) is 4. The van der Waals surface area contributed by atoms with Crippen molar-refractivity contribution in [1.82, 2.24) is 0 Å². The Hall–Kier alpha value is -1.34. The molecule has 4 nitrogen and oxygen atoms in total. The van der Waals surface area contributed by atoms with Crippen molar-refractivity contribution in [1.29, 1.82) is 0 Å². The van der Waals surface area contributed by atoms with Crippen molar-refractivity contribution in [2.45, 2.75) is 0 Å².